The van der Waals surface area contributed by atoms with Gasteiger partial charge in [0, 0.05) is 16.7 Å². The highest BCUT2D eigenvalue weighted by Gasteiger charge is 2.10. The molecular formula is C13H15ClN4O. The molecule has 0 aliphatic heterocycles. The Labute approximate surface area is 116 Å². The van der Waals surface area contributed by atoms with Crippen LogP contribution in [0.15, 0.2) is 18.5 Å². The Kier molecular flexibility index (Phi) is 3.76. The summed E-state index contributed by atoms with van der Waals surface area (Å²) in [5, 5.41) is 3.84. The first-order valence-electron chi connectivity index (χ1n) is 5.71. The first-order chi connectivity index (χ1) is 9.02. The van der Waals surface area contributed by atoms with Crippen molar-refractivity contribution in [2.45, 2.75) is 13.8 Å². The summed E-state index contributed by atoms with van der Waals surface area (Å²) in [7, 11) is 1.59. The number of ether oxygens (including phenoxy) is 1. The summed E-state index contributed by atoms with van der Waals surface area (Å²) in [6.45, 7) is 3.78. The van der Waals surface area contributed by atoms with Gasteiger partial charge in [-0.1, -0.05) is 11.6 Å². The van der Waals surface area contributed by atoms with Crippen LogP contribution >= 0.6 is 11.6 Å². The molecule has 0 bridgehead atoms. The van der Waals surface area contributed by atoms with E-state index in [1.807, 2.05) is 19.9 Å². The second-order valence-electron chi connectivity index (χ2n) is 4.16. The number of rotatable bonds is 3. The van der Waals surface area contributed by atoms with Crippen molar-refractivity contribution in [3.63, 3.8) is 0 Å². The van der Waals surface area contributed by atoms with Crippen molar-refractivity contribution in [3.8, 4) is 5.75 Å². The topological polar surface area (TPSA) is 73.1 Å². The minimum Gasteiger partial charge on any atom is -0.495 e. The molecule has 2 rings (SSSR count). The van der Waals surface area contributed by atoms with E-state index < -0.39 is 0 Å². The van der Waals surface area contributed by atoms with Crippen molar-refractivity contribution < 1.29 is 4.74 Å². The maximum atomic E-state index is 6.07. The van der Waals surface area contributed by atoms with Crippen LogP contribution in [0, 0.1) is 13.8 Å². The van der Waals surface area contributed by atoms with Crippen LogP contribution in [0.25, 0.3) is 0 Å². The average molecular weight is 279 g/mol. The van der Waals surface area contributed by atoms with Gasteiger partial charge < -0.3 is 15.8 Å². The van der Waals surface area contributed by atoms with Crippen LogP contribution in [0.4, 0.5) is 17.3 Å². The lowest BCUT2D eigenvalue weighted by molar-refractivity contribution is 0.416. The number of anilines is 3. The summed E-state index contributed by atoms with van der Waals surface area (Å²) in [6.07, 6.45) is 1.42. The molecule has 1 aromatic heterocycles. The Morgan fingerprint density at radius 3 is 2.68 bits per heavy atom. The lowest BCUT2D eigenvalue weighted by atomic mass is 10.2. The number of aromatic nitrogens is 2. The Balaban J connectivity index is 2.43. The van der Waals surface area contributed by atoms with Crippen LogP contribution in [0.5, 0.6) is 5.75 Å². The largest absolute Gasteiger partial charge is 0.495 e. The van der Waals surface area contributed by atoms with Crippen LogP contribution in [-0.2, 0) is 0 Å². The Hall–Kier alpha value is -2.01. The molecule has 0 amide bonds. The maximum absolute atomic E-state index is 6.07. The Morgan fingerprint density at radius 2 is 2.00 bits per heavy atom. The van der Waals surface area contributed by atoms with E-state index >= 15 is 0 Å². The van der Waals surface area contributed by atoms with Gasteiger partial charge in [0.05, 0.1) is 12.8 Å². The zero-order chi connectivity index (χ0) is 14.0. The SMILES string of the molecule is COc1cc(Cl)c(C)cc1Nc1ncnc(N)c1C. The van der Waals surface area contributed by atoms with Crippen LogP contribution in [0.3, 0.4) is 0 Å². The molecule has 0 saturated heterocycles. The van der Waals surface area contributed by atoms with Crippen molar-refractivity contribution in [3.05, 3.63) is 34.6 Å². The third-order valence-electron chi connectivity index (χ3n) is 2.86. The molecule has 5 nitrogen and oxygen atoms in total. The van der Waals surface area contributed by atoms with Gasteiger partial charge in [0.2, 0.25) is 0 Å². The molecule has 1 heterocycles. The van der Waals surface area contributed by atoms with Gasteiger partial charge in [-0.2, -0.15) is 0 Å². The monoisotopic (exact) mass is 278 g/mol. The molecule has 3 N–H and O–H groups in total. The van der Waals surface area contributed by atoms with E-state index in [0.29, 0.717) is 22.4 Å². The van der Waals surface area contributed by atoms with E-state index in [0.717, 1.165) is 16.8 Å². The lowest BCUT2D eigenvalue weighted by Crippen LogP contribution is -2.03. The summed E-state index contributed by atoms with van der Waals surface area (Å²) in [4.78, 5) is 8.10. The maximum Gasteiger partial charge on any atom is 0.143 e. The number of nitrogen functional groups attached to an aromatic ring is 1. The predicted octanol–water partition coefficient (Wildman–Crippen LogP) is 3.08. The average Bonchev–Trinajstić information content (AvgIpc) is 2.39. The first kappa shape index (κ1) is 13.4. The van der Waals surface area contributed by atoms with E-state index in [1.165, 1.54) is 6.33 Å². The van der Waals surface area contributed by atoms with Gasteiger partial charge in [0.25, 0.3) is 0 Å². The molecule has 0 aliphatic rings. The van der Waals surface area contributed by atoms with E-state index in [1.54, 1.807) is 13.2 Å². The molecule has 19 heavy (non-hydrogen) atoms. The second-order valence-corrected chi connectivity index (χ2v) is 4.57. The molecule has 0 saturated carbocycles. The molecule has 0 atom stereocenters. The quantitative estimate of drug-likeness (QED) is 0.903. The number of halogens is 1. The fourth-order valence-electron chi connectivity index (χ4n) is 1.65. The zero-order valence-corrected chi connectivity index (χ0v) is 11.7. The van der Waals surface area contributed by atoms with Gasteiger partial charge >= 0.3 is 0 Å². The van der Waals surface area contributed by atoms with Crippen molar-refractivity contribution in [1.82, 2.24) is 9.97 Å². The molecular weight excluding hydrogens is 264 g/mol. The van der Waals surface area contributed by atoms with Crippen LogP contribution < -0.4 is 15.8 Å². The molecule has 0 radical (unpaired) electrons. The smallest absolute Gasteiger partial charge is 0.143 e. The van der Waals surface area contributed by atoms with Crippen molar-refractivity contribution in [2.24, 2.45) is 0 Å². The highest BCUT2D eigenvalue weighted by molar-refractivity contribution is 6.31. The molecule has 0 spiro atoms. The Bertz CT molecular complexity index is 616. The minimum absolute atomic E-state index is 0.446. The van der Waals surface area contributed by atoms with Crippen molar-refractivity contribution in [2.75, 3.05) is 18.2 Å². The summed E-state index contributed by atoms with van der Waals surface area (Å²) in [5.41, 5.74) is 8.28. The van der Waals surface area contributed by atoms with E-state index in [2.05, 4.69) is 15.3 Å². The number of aryl methyl sites for hydroxylation is 1. The fraction of sp³-hybridized carbons (Fsp3) is 0.231. The second kappa shape index (κ2) is 5.32. The minimum atomic E-state index is 0.446. The van der Waals surface area contributed by atoms with Crippen LogP contribution in [0.1, 0.15) is 11.1 Å². The third kappa shape index (κ3) is 2.71. The molecule has 0 fully saturated rings. The highest BCUT2D eigenvalue weighted by Crippen LogP contribution is 2.33. The molecule has 0 aliphatic carbocycles. The van der Waals surface area contributed by atoms with Gasteiger partial charge in [0.1, 0.15) is 23.7 Å². The van der Waals surface area contributed by atoms with Gasteiger partial charge in [-0.25, -0.2) is 9.97 Å². The first-order valence-corrected chi connectivity index (χ1v) is 6.09. The summed E-state index contributed by atoms with van der Waals surface area (Å²) < 4.78 is 5.30. The zero-order valence-electron chi connectivity index (χ0n) is 11.0. The lowest BCUT2D eigenvalue weighted by Gasteiger charge is -2.14. The van der Waals surface area contributed by atoms with Crippen LogP contribution in [0.2, 0.25) is 5.02 Å². The van der Waals surface area contributed by atoms with E-state index in [9.17, 15) is 0 Å². The Morgan fingerprint density at radius 1 is 1.26 bits per heavy atom. The number of nitrogens with two attached hydrogens (primary N) is 1. The summed E-state index contributed by atoms with van der Waals surface area (Å²) in [6, 6.07) is 3.66. The summed E-state index contributed by atoms with van der Waals surface area (Å²) >= 11 is 6.07. The molecule has 6 heteroatoms. The number of hydrogen-bond donors (Lipinski definition) is 2. The molecule has 100 valence electrons. The normalized spacial score (nSPS) is 10.3. The number of benzene rings is 1. The van der Waals surface area contributed by atoms with Gasteiger partial charge in [0.15, 0.2) is 0 Å². The molecule has 0 unspecified atom stereocenters. The van der Waals surface area contributed by atoms with Gasteiger partial charge in [-0.3, -0.25) is 0 Å². The van der Waals surface area contributed by atoms with Crippen LogP contribution in [-0.4, -0.2) is 17.1 Å². The van der Waals surface area contributed by atoms with E-state index in [4.69, 9.17) is 22.1 Å². The van der Waals surface area contributed by atoms with Crippen molar-refractivity contribution in [1.29, 1.82) is 0 Å². The van der Waals surface area contributed by atoms with Gasteiger partial charge in [-0.05, 0) is 25.5 Å². The number of hydrogen-bond acceptors (Lipinski definition) is 5. The van der Waals surface area contributed by atoms with Gasteiger partial charge in [-0.15, -0.1) is 0 Å². The van der Waals surface area contributed by atoms with E-state index in [-0.39, 0.29) is 0 Å². The predicted molar refractivity (Wildman–Crippen MR) is 77.2 cm³/mol. The number of nitrogens with one attached hydrogen (secondary N) is 1. The fourth-order valence-corrected chi connectivity index (χ4v) is 1.80. The number of methoxy groups -OCH3 is 1. The highest BCUT2D eigenvalue weighted by atomic mass is 35.5. The standard InChI is InChI=1S/C13H15ClN4O/c1-7-4-10(11(19-3)5-9(7)14)18-13-8(2)12(15)16-6-17-13/h4-6H,1-3H3,(H3,15,16,17,18). The van der Waals surface area contributed by atoms with Crippen molar-refractivity contribution >= 4 is 28.9 Å². The third-order valence-corrected chi connectivity index (χ3v) is 3.26. The molecule has 2 aromatic rings. The number of nitrogens with zero attached hydrogens (tertiary/aromatic N) is 2. The molecule has 1 aromatic carbocycles. The summed E-state index contributed by atoms with van der Waals surface area (Å²) in [5.74, 6) is 1.74.